The molecule has 0 spiro atoms. The molecule has 1 aliphatic rings. The maximum Gasteiger partial charge on any atom is 0.0230 e. The summed E-state index contributed by atoms with van der Waals surface area (Å²) in [4.78, 5) is 5.05. The van der Waals surface area contributed by atoms with Crippen LogP contribution in [0.2, 0.25) is 0 Å². The van der Waals surface area contributed by atoms with Gasteiger partial charge in [0.25, 0.3) is 0 Å². The Morgan fingerprint density at radius 1 is 1.21 bits per heavy atom. The van der Waals surface area contributed by atoms with Gasteiger partial charge in [0.2, 0.25) is 0 Å². The van der Waals surface area contributed by atoms with E-state index in [0.717, 1.165) is 25.6 Å². The predicted octanol–water partition coefficient (Wildman–Crippen LogP) is 3.61. The molecule has 24 heavy (non-hydrogen) atoms. The molecule has 1 unspecified atom stereocenters. The molecule has 1 aromatic rings. The van der Waals surface area contributed by atoms with E-state index in [-0.39, 0.29) is 0 Å². The zero-order chi connectivity index (χ0) is 17.2. The van der Waals surface area contributed by atoms with Gasteiger partial charge in [0, 0.05) is 12.6 Å². The number of likely N-dealkylation sites (tertiary alicyclic amines) is 1. The van der Waals surface area contributed by atoms with E-state index < -0.39 is 0 Å². The lowest BCUT2D eigenvalue weighted by atomic mass is 9.90. The van der Waals surface area contributed by atoms with E-state index in [0.29, 0.717) is 6.04 Å². The maximum atomic E-state index is 3.77. The van der Waals surface area contributed by atoms with Crippen molar-refractivity contribution < 1.29 is 0 Å². The molecule has 0 radical (unpaired) electrons. The van der Waals surface area contributed by atoms with Crippen LogP contribution in [-0.2, 0) is 6.54 Å². The Morgan fingerprint density at radius 3 is 2.58 bits per heavy atom. The Hall–Kier alpha value is -0.900. The van der Waals surface area contributed by atoms with Crippen LogP contribution in [0.25, 0.3) is 0 Å². The first-order chi connectivity index (χ1) is 11.7. The fraction of sp³-hybridized carbons (Fsp3) is 0.714. The molecule has 1 aliphatic heterocycles. The van der Waals surface area contributed by atoms with Gasteiger partial charge in [-0.1, -0.05) is 37.3 Å². The summed E-state index contributed by atoms with van der Waals surface area (Å²) in [5.74, 6) is 0.861. The van der Waals surface area contributed by atoms with Gasteiger partial charge in [-0.25, -0.2) is 0 Å². The van der Waals surface area contributed by atoms with Crippen LogP contribution in [0, 0.1) is 5.92 Å². The summed E-state index contributed by atoms with van der Waals surface area (Å²) in [6, 6.07) is 11.4. The van der Waals surface area contributed by atoms with Crippen LogP contribution in [0.5, 0.6) is 0 Å². The predicted molar refractivity (Wildman–Crippen MR) is 104 cm³/mol. The molecule has 1 N–H and O–H groups in total. The minimum Gasteiger partial charge on any atom is -0.314 e. The van der Waals surface area contributed by atoms with Crippen LogP contribution < -0.4 is 5.32 Å². The Morgan fingerprint density at radius 2 is 1.92 bits per heavy atom. The molecule has 1 atom stereocenters. The second kappa shape index (κ2) is 10.9. The average Bonchev–Trinajstić information content (AvgIpc) is 2.60. The average molecular weight is 332 g/mol. The van der Waals surface area contributed by atoms with Crippen molar-refractivity contribution in [2.75, 3.05) is 39.8 Å². The summed E-state index contributed by atoms with van der Waals surface area (Å²) in [6.07, 6.45) is 5.24. The van der Waals surface area contributed by atoms with Crippen LogP contribution in [0.3, 0.4) is 0 Å². The van der Waals surface area contributed by atoms with Gasteiger partial charge in [-0.2, -0.15) is 0 Å². The van der Waals surface area contributed by atoms with E-state index in [1.54, 1.807) is 0 Å². The van der Waals surface area contributed by atoms with Crippen molar-refractivity contribution in [3.05, 3.63) is 35.9 Å². The van der Waals surface area contributed by atoms with Crippen molar-refractivity contribution in [1.82, 2.24) is 15.1 Å². The molecule has 0 amide bonds. The zero-order valence-electron chi connectivity index (χ0n) is 16.0. The monoisotopic (exact) mass is 331 g/mol. The van der Waals surface area contributed by atoms with Crippen molar-refractivity contribution >= 4 is 0 Å². The summed E-state index contributed by atoms with van der Waals surface area (Å²) >= 11 is 0. The summed E-state index contributed by atoms with van der Waals surface area (Å²) in [5.41, 5.74) is 1.40. The Bertz CT molecular complexity index is 426. The van der Waals surface area contributed by atoms with Crippen LogP contribution in [0.15, 0.2) is 30.3 Å². The van der Waals surface area contributed by atoms with E-state index in [4.69, 9.17) is 0 Å². The normalized spacial score (nSPS) is 18.2. The highest BCUT2D eigenvalue weighted by atomic mass is 15.1. The first kappa shape index (κ1) is 19.4. The molecular weight excluding hydrogens is 294 g/mol. The minimum atomic E-state index is 0.660. The first-order valence-electron chi connectivity index (χ1n) is 9.87. The molecule has 1 aromatic carbocycles. The highest BCUT2D eigenvalue weighted by molar-refractivity contribution is 5.14. The minimum absolute atomic E-state index is 0.660. The molecule has 136 valence electrons. The van der Waals surface area contributed by atoms with Gasteiger partial charge in [-0.3, -0.25) is 0 Å². The van der Waals surface area contributed by atoms with E-state index in [1.165, 1.54) is 50.9 Å². The molecular formula is C21H37N3. The molecule has 3 heteroatoms. The third-order valence-corrected chi connectivity index (χ3v) is 5.36. The number of nitrogens with one attached hydrogen (secondary N) is 1. The van der Waals surface area contributed by atoms with Gasteiger partial charge in [0.15, 0.2) is 0 Å². The number of benzene rings is 1. The largest absolute Gasteiger partial charge is 0.314 e. The van der Waals surface area contributed by atoms with Crippen molar-refractivity contribution in [3.8, 4) is 0 Å². The van der Waals surface area contributed by atoms with Gasteiger partial charge in [0.1, 0.15) is 0 Å². The van der Waals surface area contributed by atoms with Crippen LogP contribution in [0.1, 0.15) is 45.1 Å². The molecule has 1 heterocycles. The Labute approximate surface area is 149 Å². The standard InChI is InChI=1S/C21H37N3/c1-4-14-24-16-11-21(12-17-24)19(2)22-13-8-15-23(3)18-20-9-6-5-7-10-20/h5-7,9-10,19,21-22H,4,8,11-18H2,1-3H3. The molecule has 0 aromatic heterocycles. The van der Waals surface area contributed by atoms with Gasteiger partial charge in [-0.05, 0) is 83.9 Å². The third-order valence-electron chi connectivity index (χ3n) is 5.36. The highest BCUT2D eigenvalue weighted by Gasteiger charge is 2.22. The molecule has 1 saturated heterocycles. The third kappa shape index (κ3) is 6.92. The van der Waals surface area contributed by atoms with Crippen molar-refractivity contribution in [2.24, 2.45) is 5.92 Å². The smallest absolute Gasteiger partial charge is 0.0230 e. The number of piperidine rings is 1. The molecule has 2 rings (SSSR count). The Balaban J connectivity index is 1.55. The lowest BCUT2D eigenvalue weighted by molar-refractivity contribution is 0.162. The maximum absolute atomic E-state index is 3.77. The summed E-state index contributed by atoms with van der Waals surface area (Å²) in [5, 5.41) is 3.77. The zero-order valence-corrected chi connectivity index (χ0v) is 16.0. The number of hydrogen-bond donors (Lipinski definition) is 1. The topological polar surface area (TPSA) is 18.5 Å². The highest BCUT2D eigenvalue weighted by Crippen LogP contribution is 2.20. The summed E-state index contributed by atoms with van der Waals surface area (Å²) < 4.78 is 0. The summed E-state index contributed by atoms with van der Waals surface area (Å²) in [7, 11) is 2.22. The summed E-state index contributed by atoms with van der Waals surface area (Å²) in [6.45, 7) is 11.9. The molecule has 0 saturated carbocycles. The number of nitrogens with zero attached hydrogens (tertiary/aromatic N) is 2. The lowest BCUT2D eigenvalue weighted by Crippen LogP contribution is -2.42. The van der Waals surface area contributed by atoms with Crippen molar-refractivity contribution in [2.45, 2.75) is 52.1 Å². The van der Waals surface area contributed by atoms with Gasteiger partial charge in [0.05, 0.1) is 0 Å². The quantitative estimate of drug-likeness (QED) is 0.661. The van der Waals surface area contributed by atoms with Crippen LogP contribution in [-0.4, -0.2) is 55.6 Å². The van der Waals surface area contributed by atoms with Gasteiger partial charge >= 0.3 is 0 Å². The van der Waals surface area contributed by atoms with E-state index >= 15 is 0 Å². The molecule has 0 bridgehead atoms. The molecule has 3 nitrogen and oxygen atoms in total. The van der Waals surface area contributed by atoms with E-state index in [2.05, 4.69) is 66.3 Å². The van der Waals surface area contributed by atoms with E-state index in [9.17, 15) is 0 Å². The number of rotatable bonds is 10. The molecule has 0 aliphatic carbocycles. The number of hydrogen-bond acceptors (Lipinski definition) is 3. The van der Waals surface area contributed by atoms with Gasteiger partial charge in [-0.15, -0.1) is 0 Å². The van der Waals surface area contributed by atoms with Crippen LogP contribution >= 0.6 is 0 Å². The molecule has 1 fully saturated rings. The fourth-order valence-electron chi connectivity index (χ4n) is 3.81. The second-order valence-corrected chi connectivity index (χ2v) is 7.50. The Kier molecular flexibility index (Phi) is 8.79. The van der Waals surface area contributed by atoms with Crippen LogP contribution in [0.4, 0.5) is 0 Å². The fourth-order valence-corrected chi connectivity index (χ4v) is 3.81. The van der Waals surface area contributed by atoms with Gasteiger partial charge < -0.3 is 15.1 Å². The first-order valence-corrected chi connectivity index (χ1v) is 9.87. The van der Waals surface area contributed by atoms with Crippen molar-refractivity contribution in [3.63, 3.8) is 0 Å². The van der Waals surface area contributed by atoms with Crippen molar-refractivity contribution in [1.29, 1.82) is 0 Å². The second-order valence-electron chi connectivity index (χ2n) is 7.50. The lowest BCUT2D eigenvalue weighted by Gasteiger charge is -2.35. The SMILES string of the molecule is CCCN1CCC(C(C)NCCCN(C)Cc2ccccc2)CC1. The van der Waals surface area contributed by atoms with E-state index in [1.807, 2.05) is 0 Å².